The maximum Gasteiger partial charge on any atom is -0.0414 e. The first-order valence-electron chi connectivity index (χ1n) is 15.3. The molecule has 0 aromatic heterocycles. The van der Waals surface area contributed by atoms with E-state index in [1.165, 1.54) is 173 Å². The summed E-state index contributed by atoms with van der Waals surface area (Å²) in [6.07, 6.45) is 39.8. The van der Waals surface area contributed by atoms with Crippen molar-refractivity contribution in [2.75, 3.05) is 0 Å². The second-order valence-corrected chi connectivity index (χ2v) is 10.7. The van der Waals surface area contributed by atoms with Gasteiger partial charge in [-0.1, -0.05) is 194 Å². The van der Waals surface area contributed by atoms with Gasteiger partial charge in [0.2, 0.25) is 0 Å². The van der Waals surface area contributed by atoms with Crippen molar-refractivity contribution in [3.8, 4) is 0 Å². The van der Waals surface area contributed by atoms with Gasteiger partial charge >= 0.3 is 0 Å². The molecule has 0 unspecified atom stereocenters. The quantitative estimate of drug-likeness (QED) is 0.112. The summed E-state index contributed by atoms with van der Waals surface area (Å²) in [6.45, 7) is 6.96. The second kappa shape index (κ2) is 28.0. The predicted octanol–water partition coefficient (Wildman–Crippen LogP) is 12.2. The van der Waals surface area contributed by atoms with Crippen molar-refractivity contribution in [3.63, 3.8) is 0 Å². The van der Waals surface area contributed by atoms with E-state index in [0.29, 0.717) is 0 Å². The van der Waals surface area contributed by atoms with E-state index in [0.717, 1.165) is 5.92 Å². The highest BCUT2D eigenvalue weighted by atomic mass is 14.1. The van der Waals surface area contributed by atoms with E-state index >= 15 is 0 Å². The zero-order chi connectivity index (χ0) is 22.7. The van der Waals surface area contributed by atoms with E-state index in [-0.39, 0.29) is 0 Å². The number of unbranched alkanes of at least 4 members (excludes halogenated alkanes) is 21. The molecule has 0 heterocycles. The summed E-state index contributed by atoms with van der Waals surface area (Å²) in [5, 5.41) is 0. The second-order valence-electron chi connectivity index (χ2n) is 10.7. The molecule has 0 spiro atoms. The highest BCUT2D eigenvalue weighted by Gasteiger charge is 2.08. The molecule has 0 heteroatoms. The molecule has 31 heavy (non-hydrogen) atoms. The van der Waals surface area contributed by atoms with Gasteiger partial charge in [0.1, 0.15) is 0 Å². The lowest BCUT2D eigenvalue weighted by molar-refractivity contribution is 0.365. The molecular weight excluding hydrogens is 372 g/mol. The zero-order valence-corrected chi connectivity index (χ0v) is 22.7. The van der Waals surface area contributed by atoms with Crippen LogP contribution in [-0.4, -0.2) is 0 Å². The van der Waals surface area contributed by atoms with Gasteiger partial charge in [-0.3, -0.25) is 0 Å². The summed E-state index contributed by atoms with van der Waals surface area (Å²) in [5.74, 6) is 1.04. The first-order valence-corrected chi connectivity index (χ1v) is 15.3. The van der Waals surface area contributed by atoms with Crippen LogP contribution in [0.25, 0.3) is 0 Å². The minimum absolute atomic E-state index is 1.04. The van der Waals surface area contributed by atoms with Crippen molar-refractivity contribution in [2.24, 2.45) is 5.92 Å². The zero-order valence-electron chi connectivity index (χ0n) is 22.7. The normalized spacial score (nSPS) is 11.6. The van der Waals surface area contributed by atoms with Crippen LogP contribution in [0.2, 0.25) is 0 Å². The highest BCUT2D eigenvalue weighted by molar-refractivity contribution is 4.62. The van der Waals surface area contributed by atoms with Gasteiger partial charge in [-0.15, -0.1) is 0 Å². The van der Waals surface area contributed by atoms with E-state index in [1.54, 1.807) is 0 Å². The van der Waals surface area contributed by atoms with Crippen molar-refractivity contribution in [3.05, 3.63) is 0 Å². The van der Waals surface area contributed by atoms with Crippen LogP contribution in [0.3, 0.4) is 0 Å². The van der Waals surface area contributed by atoms with Crippen LogP contribution in [0.1, 0.15) is 194 Å². The van der Waals surface area contributed by atoms with Crippen molar-refractivity contribution in [1.29, 1.82) is 0 Å². The standard InChI is InChI=1S/C31H64/c1-4-7-10-13-16-18-20-23-26-29-31(28-25-22-15-12-9-6-3)30-27-24-21-19-17-14-11-8-5-2/h31H,4-30H2,1-3H3. The molecule has 0 aromatic rings. The summed E-state index contributed by atoms with van der Waals surface area (Å²) >= 11 is 0. The molecule has 0 aromatic carbocycles. The summed E-state index contributed by atoms with van der Waals surface area (Å²) in [5.41, 5.74) is 0. The molecule has 0 saturated heterocycles. The van der Waals surface area contributed by atoms with Crippen LogP contribution in [0, 0.1) is 5.92 Å². The summed E-state index contributed by atoms with van der Waals surface area (Å²) < 4.78 is 0. The average Bonchev–Trinajstić information content (AvgIpc) is 2.78. The smallest absolute Gasteiger partial charge is 0.0414 e. The monoisotopic (exact) mass is 437 g/mol. The van der Waals surface area contributed by atoms with Crippen LogP contribution in [0.5, 0.6) is 0 Å². The molecule has 0 saturated carbocycles. The van der Waals surface area contributed by atoms with Gasteiger partial charge in [0.05, 0.1) is 0 Å². The van der Waals surface area contributed by atoms with E-state index in [4.69, 9.17) is 0 Å². The summed E-state index contributed by atoms with van der Waals surface area (Å²) in [7, 11) is 0. The third-order valence-corrected chi connectivity index (χ3v) is 7.40. The van der Waals surface area contributed by atoms with Gasteiger partial charge in [-0.2, -0.15) is 0 Å². The van der Waals surface area contributed by atoms with Crippen LogP contribution in [0.15, 0.2) is 0 Å². The van der Waals surface area contributed by atoms with Gasteiger partial charge in [0, 0.05) is 0 Å². The largest absolute Gasteiger partial charge is 0.0654 e. The minimum Gasteiger partial charge on any atom is -0.0654 e. The molecule has 0 N–H and O–H groups in total. The van der Waals surface area contributed by atoms with E-state index in [1.807, 2.05) is 0 Å². The molecule has 0 nitrogen and oxygen atoms in total. The third-order valence-electron chi connectivity index (χ3n) is 7.40. The maximum atomic E-state index is 2.33. The molecule has 0 atom stereocenters. The molecule has 0 aliphatic heterocycles. The van der Waals surface area contributed by atoms with E-state index < -0.39 is 0 Å². The molecular formula is C31H64. The predicted molar refractivity (Wildman–Crippen MR) is 145 cm³/mol. The van der Waals surface area contributed by atoms with Crippen LogP contribution >= 0.6 is 0 Å². The Morgan fingerprint density at radius 2 is 0.452 bits per heavy atom. The first kappa shape index (κ1) is 31.0. The Labute approximate surface area is 200 Å². The Morgan fingerprint density at radius 3 is 0.677 bits per heavy atom. The Hall–Kier alpha value is 0. The van der Waals surface area contributed by atoms with Crippen LogP contribution in [-0.2, 0) is 0 Å². The molecule has 0 bridgehead atoms. The number of hydrogen-bond donors (Lipinski definition) is 0. The summed E-state index contributed by atoms with van der Waals surface area (Å²) in [4.78, 5) is 0. The fourth-order valence-corrected chi connectivity index (χ4v) is 5.13. The molecule has 188 valence electrons. The van der Waals surface area contributed by atoms with Crippen LogP contribution < -0.4 is 0 Å². The molecule has 0 aliphatic rings. The number of hydrogen-bond acceptors (Lipinski definition) is 0. The van der Waals surface area contributed by atoms with Gasteiger partial charge in [0.15, 0.2) is 0 Å². The average molecular weight is 437 g/mol. The Morgan fingerprint density at radius 1 is 0.258 bits per heavy atom. The highest BCUT2D eigenvalue weighted by Crippen LogP contribution is 2.25. The Balaban J connectivity index is 3.79. The fraction of sp³-hybridized carbons (Fsp3) is 1.00. The lowest BCUT2D eigenvalue weighted by atomic mass is 9.89. The molecule has 0 rings (SSSR count). The molecule has 0 aliphatic carbocycles. The summed E-state index contributed by atoms with van der Waals surface area (Å²) in [6, 6.07) is 0. The van der Waals surface area contributed by atoms with Crippen molar-refractivity contribution < 1.29 is 0 Å². The SMILES string of the molecule is CCCCCCCCCCCC(CCCCCCCC)CCCCCCCCCCC. The van der Waals surface area contributed by atoms with E-state index in [2.05, 4.69) is 20.8 Å². The lowest BCUT2D eigenvalue weighted by Gasteiger charge is -2.17. The Kier molecular flexibility index (Phi) is 28.0. The fourth-order valence-electron chi connectivity index (χ4n) is 5.13. The van der Waals surface area contributed by atoms with Gasteiger partial charge < -0.3 is 0 Å². The lowest BCUT2D eigenvalue weighted by Crippen LogP contribution is -2.01. The van der Waals surface area contributed by atoms with E-state index in [9.17, 15) is 0 Å². The van der Waals surface area contributed by atoms with Crippen molar-refractivity contribution >= 4 is 0 Å². The third kappa shape index (κ3) is 26.1. The van der Waals surface area contributed by atoms with Crippen LogP contribution in [0.4, 0.5) is 0 Å². The topological polar surface area (TPSA) is 0 Å². The van der Waals surface area contributed by atoms with Gasteiger partial charge in [-0.05, 0) is 5.92 Å². The molecule has 0 fully saturated rings. The Bertz CT molecular complexity index is 272. The number of rotatable bonds is 27. The first-order chi connectivity index (χ1) is 15.3. The van der Waals surface area contributed by atoms with Crippen molar-refractivity contribution in [1.82, 2.24) is 0 Å². The van der Waals surface area contributed by atoms with Gasteiger partial charge in [-0.25, -0.2) is 0 Å². The molecule has 0 amide bonds. The van der Waals surface area contributed by atoms with Crippen molar-refractivity contribution in [2.45, 2.75) is 194 Å². The van der Waals surface area contributed by atoms with Gasteiger partial charge in [0.25, 0.3) is 0 Å². The molecule has 0 radical (unpaired) electrons. The minimum atomic E-state index is 1.04. The maximum absolute atomic E-state index is 2.33.